The summed E-state index contributed by atoms with van der Waals surface area (Å²) in [6.07, 6.45) is -0.676. The summed E-state index contributed by atoms with van der Waals surface area (Å²) in [7, 11) is -5.38. The smallest absolute Gasteiger partial charge is 0.474 e. The van der Waals surface area contributed by atoms with Crippen molar-refractivity contribution in [2.75, 3.05) is 25.1 Å². The number of H-pyrrole nitrogens is 1. The van der Waals surface area contributed by atoms with Gasteiger partial charge in [0.15, 0.2) is 23.5 Å². The molecule has 2 saturated heterocycles. The minimum Gasteiger partial charge on any atom is -0.474 e. The number of aromatic nitrogens is 6. The van der Waals surface area contributed by atoms with Gasteiger partial charge in [-0.1, -0.05) is 0 Å². The zero-order valence-corrected chi connectivity index (χ0v) is 23.4. The Balaban J connectivity index is 1.22. The Bertz CT molecular complexity index is 1480. The Morgan fingerprint density at radius 3 is 2.80 bits per heavy atom. The van der Waals surface area contributed by atoms with Gasteiger partial charge < -0.3 is 19.9 Å². The van der Waals surface area contributed by atoms with Gasteiger partial charge >= 0.3 is 16.5 Å². The average Bonchev–Trinajstić information content (AvgIpc) is 3.63. The van der Waals surface area contributed by atoms with E-state index >= 15 is 0 Å². The second-order valence-corrected chi connectivity index (χ2v) is 11.4. The number of anilines is 1. The van der Waals surface area contributed by atoms with Crippen molar-refractivity contribution >= 4 is 33.6 Å². The first kappa shape index (κ1) is 28.1. The molecular formula is C22H27N7O10P2+2. The summed E-state index contributed by atoms with van der Waals surface area (Å²) >= 11 is 0. The van der Waals surface area contributed by atoms with E-state index in [0.717, 1.165) is 0 Å². The molecule has 2 bridgehead atoms. The standard InChI is InChI=1S/C22H26N7O10P2/c1-2-24-22-27-19-16(20(31)28-22)26-10-29(19)21-18-17(30)14(37-21)8-35-40(32)38-13-6-12(36-15-3-4-23-9-25-15)5-11(13)7-34-41(33)39-18/h3-4,9-14,17-18,21,30H,2,5-8H2,1H3,(H-,24,27,28,31)/q+1/p+1/t11?,12-,13+,14-,17-,18-,21-/m1/s1. The molecule has 1 aliphatic carbocycles. The quantitative estimate of drug-likeness (QED) is 0.350. The molecule has 9 atom stereocenters. The molecule has 3 aliphatic rings. The van der Waals surface area contributed by atoms with E-state index in [2.05, 4.69) is 30.2 Å². The van der Waals surface area contributed by atoms with Crippen LogP contribution in [0.1, 0.15) is 26.0 Å². The van der Waals surface area contributed by atoms with Crippen LogP contribution in [0.3, 0.4) is 0 Å². The molecule has 3 fully saturated rings. The van der Waals surface area contributed by atoms with E-state index in [1.807, 2.05) is 6.92 Å². The third kappa shape index (κ3) is 5.98. The van der Waals surface area contributed by atoms with Crippen LogP contribution < -0.4 is 15.6 Å². The van der Waals surface area contributed by atoms with Crippen molar-refractivity contribution in [3.8, 4) is 5.88 Å². The van der Waals surface area contributed by atoms with Crippen molar-refractivity contribution in [2.24, 2.45) is 5.92 Å². The Hall–Kier alpha value is -3.01. The fraction of sp³-hybridized carbons (Fsp3) is 0.591. The summed E-state index contributed by atoms with van der Waals surface area (Å²) in [6, 6.07) is 1.62. The highest BCUT2D eigenvalue weighted by Crippen LogP contribution is 2.44. The molecular weight excluding hydrogens is 584 g/mol. The third-order valence-corrected chi connectivity index (χ3v) is 8.54. The first-order valence-electron chi connectivity index (χ1n) is 12.9. The molecule has 0 spiro atoms. The lowest BCUT2D eigenvalue weighted by Crippen LogP contribution is -2.34. The molecule has 3 aromatic heterocycles. The fourth-order valence-corrected chi connectivity index (χ4v) is 6.69. The fourth-order valence-electron chi connectivity index (χ4n) is 5.08. The van der Waals surface area contributed by atoms with Crippen LogP contribution >= 0.6 is 16.5 Å². The van der Waals surface area contributed by atoms with Crippen LogP contribution in [-0.2, 0) is 32.0 Å². The molecule has 0 aromatic carbocycles. The maximum absolute atomic E-state index is 13.0. The van der Waals surface area contributed by atoms with Crippen LogP contribution in [0.4, 0.5) is 5.95 Å². The number of aliphatic hydroxyl groups is 1. The largest absolute Gasteiger partial charge is 0.697 e. The van der Waals surface area contributed by atoms with Gasteiger partial charge in [0, 0.05) is 40.3 Å². The van der Waals surface area contributed by atoms with E-state index in [4.69, 9.17) is 27.6 Å². The van der Waals surface area contributed by atoms with Crippen molar-refractivity contribution in [1.82, 2.24) is 29.5 Å². The van der Waals surface area contributed by atoms with E-state index in [1.165, 1.54) is 17.2 Å². The molecule has 6 rings (SSSR count). The van der Waals surface area contributed by atoms with Gasteiger partial charge in [0.2, 0.25) is 11.8 Å². The predicted octanol–water partition coefficient (Wildman–Crippen LogP) is 1.59. The molecule has 3 N–H and O–H groups in total. The van der Waals surface area contributed by atoms with Gasteiger partial charge in [0.05, 0.1) is 6.33 Å². The average molecular weight is 611 g/mol. The highest BCUT2D eigenvalue weighted by molar-refractivity contribution is 7.33. The molecule has 1 saturated carbocycles. The second-order valence-electron chi connectivity index (χ2n) is 9.60. The van der Waals surface area contributed by atoms with Crippen LogP contribution in [0, 0.1) is 5.92 Å². The summed E-state index contributed by atoms with van der Waals surface area (Å²) in [5.41, 5.74) is -0.313. The lowest BCUT2D eigenvalue weighted by atomic mass is 10.1. The minimum atomic E-state index is -2.75. The lowest BCUT2D eigenvalue weighted by Gasteiger charge is -2.17. The molecule has 2 aliphatic heterocycles. The molecule has 41 heavy (non-hydrogen) atoms. The van der Waals surface area contributed by atoms with E-state index in [9.17, 15) is 19.0 Å². The van der Waals surface area contributed by atoms with Gasteiger partial charge in [-0.25, -0.2) is 15.0 Å². The highest BCUT2D eigenvalue weighted by atomic mass is 31.1. The van der Waals surface area contributed by atoms with Crippen LogP contribution in [0.15, 0.2) is 29.7 Å². The minimum absolute atomic E-state index is 0.0285. The Morgan fingerprint density at radius 2 is 2.00 bits per heavy atom. The molecule has 3 unspecified atom stereocenters. The van der Waals surface area contributed by atoms with Crippen LogP contribution in [0.5, 0.6) is 5.88 Å². The molecule has 5 heterocycles. The Kier molecular flexibility index (Phi) is 8.28. The molecule has 0 radical (unpaired) electrons. The van der Waals surface area contributed by atoms with Crippen molar-refractivity contribution in [3.05, 3.63) is 35.3 Å². The number of imidazole rings is 1. The zero-order chi connectivity index (χ0) is 28.5. The number of rotatable bonds is 5. The normalized spacial score (nSPS) is 32.6. The molecule has 0 amide bonds. The summed E-state index contributed by atoms with van der Waals surface area (Å²) in [5, 5.41) is 14.0. The van der Waals surface area contributed by atoms with Crippen LogP contribution in [-0.4, -0.2) is 84.9 Å². The number of aromatic amines is 1. The summed E-state index contributed by atoms with van der Waals surface area (Å²) in [5.74, 6) is 0.242. The molecule has 17 nitrogen and oxygen atoms in total. The summed E-state index contributed by atoms with van der Waals surface area (Å²) in [4.78, 5) is 31.6. The first-order valence-corrected chi connectivity index (χ1v) is 15.1. The van der Waals surface area contributed by atoms with Gasteiger partial charge in [0.25, 0.3) is 5.56 Å². The van der Waals surface area contributed by atoms with Crippen molar-refractivity contribution in [3.63, 3.8) is 0 Å². The number of fused-ring (bicyclic) bond motifs is 4. The Morgan fingerprint density at radius 1 is 1.17 bits per heavy atom. The molecule has 19 heteroatoms. The Labute approximate surface area is 233 Å². The van der Waals surface area contributed by atoms with Gasteiger partial charge in [-0.05, 0) is 13.3 Å². The van der Waals surface area contributed by atoms with E-state index in [1.54, 1.807) is 12.3 Å². The third-order valence-electron chi connectivity index (χ3n) is 6.96. The summed E-state index contributed by atoms with van der Waals surface area (Å²) in [6.45, 7) is 1.94. The second kappa shape index (κ2) is 12.1. The summed E-state index contributed by atoms with van der Waals surface area (Å²) < 4.78 is 61.4. The van der Waals surface area contributed by atoms with Crippen LogP contribution in [0.2, 0.25) is 0 Å². The predicted molar refractivity (Wildman–Crippen MR) is 138 cm³/mol. The SMILES string of the molecule is CCNc1nc2c(ncn2[C@@H]2O[C@@H]3CO[P+](=O)O[C@H]4C[C@H](Oc5ccncn5)CC4CO[P+](=O)O[C@@H]2[C@@H]3O)c(=O)[nH]1. The number of hydrogen-bond acceptors (Lipinski definition) is 15. The van der Waals surface area contributed by atoms with Crippen molar-refractivity contribution < 1.29 is 41.8 Å². The highest BCUT2D eigenvalue weighted by Gasteiger charge is 2.53. The van der Waals surface area contributed by atoms with Gasteiger partial charge in [-0.2, -0.15) is 4.98 Å². The monoisotopic (exact) mass is 611 g/mol. The number of nitrogens with zero attached hydrogens (tertiary/aromatic N) is 5. The number of nitrogens with one attached hydrogen (secondary N) is 2. The van der Waals surface area contributed by atoms with E-state index in [-0.39, 0.29) is 42.3 Å². The maximum Gasteiger partial charge on any atom is 0.697 e. The molecule has 218 valence electrons. The number of aliphatic hydroxyl groups excluding tert-OH is 1. The zero-order valence-electron chi connectivity index (χ0n) is 21.6. The lowest BCUT2D eigenvalue weighted by molar-refractivity contribution is -0.0481. The van der Waals surface area contributed by atoms with Crippen LogP contribution in [0.25, 0.3) is 11.2 Å². The van der Waals surface area contributed by atoms with E-state index in [0.29, 0.717) is 25.3 Å². The van der Waals surface area contributed by atoms with E-state index < -0.39 is 52.7 Å². The molecule has 3 aromatic rings. The van der Waals surface area contributed by atoms with Crippen molar-refractivity contribution in [1.29, 1.82) is 0 Å². The first-order chi connectivity index (χ1) is 19.9. The maximum atomic E-state index is 13.0. The number of hydrogen-bond donors (Lipinski definition) is 3. The number of ether oxygens (including phenoxy) is 2. The van der Waals surface area contributed by atoms with Gasteiger partial charge in [-0.15, -0.1) is 18.1 Å². The van der Waals surface area contributed by atoms with Gasteiger partial charge in [-0.3, -0.25) is 14.3 Å². The van der Waals surface area contributed by atoms with Gasteiger partial charge in [0.1, 0.15) is 44.0 Å². The van der Waals surface area contributed by atoms with Crippen molar-refractivity contribution in [2.45, 2.75) is 56.5 Å². The topological polar surface area (TPSA) is 211 Å².